The standard InChI is InChI=1S/C6H11NO2/c1-4-6(2,3)7-5(8)9-4/h4H,1-3H3,(H,7,8). The summed E-state index contributed by atoms with van der Waals surface area (Å²) < 4.78 is 4.83. The second-order valence-electron chi connectivity index (χ2n) is 2.89. The van der Waals surface area contributed by atoms with Crippen LogP contribution in [0.3, 0.4) is 0 Å². The zero-order valence-corrected chi connectivity index (χ0v) is 5.89. The number of nitrogens with one attached hydrogen (secondary N) is 1. The first-order valence-corrected chi connectivity index (χ1v) is 3.01. The van der Waals surface area contributed by atoms with Gasteiger partial charge in [0.05, 0.1) is 5.54 Å². The molecule has 1 heterocycles. The summed E-state index contributed by atoms with van der Waals surface area (Å²) in [6.07, 6.45) is -0.336. The number of carbonyl (C=O) groups excluding carboxylic acids is 1. The van der Waals surface area contributed by atoms with E-state index in [-0.39, 0.29) is 17.7 Å². The monoisotopic (exact) mass is 129 g/mol. The molecule has 0 radical (unpaired) electrons. The minimum absolute atomic E-state index is 0.0231. The molecule has 3 nitrogen and oxygen atoms in total. The summed E-state index contributed by atoms with van der Waals surface area (Å²) in [6.45, 7) is 5.74. The highest BCUT2D eigenvalue weighted by Crippen LogP contribution is 2.18. The van der Waals surface area contributed by atoms with Crippen molar-refractivity contribution < 1.29 is 9.53 Å². The van der Waals surface area contributed by atoms with Crippen LogP contribution in [-0.2, 0) is 4.74 Å². The molecule has 9 heavy (non-hydrogen) atoms. The normalized spacial score (nSPS) is 31.4. The van der Waals surface area contributed by atoms with Crippen LogP contribution in [0.2, 0.25) is 0 Å². The molecule has 1 aliphatic heterocycles. The largest absolute Gasteiger partial charge is 0.444 e. The fraction of sp³-hybridized carbons (Fsp3) is 0.833. The predicted molar refractivity (Wildman–Crippen MR) is 33.2 cm³/mol. The highest BCUT2D eigenvalue weighted by Gasteiger charge is 2.37. The number of cyclic esters (lactones) is 1. The van der Waals surface area contributed by atoms with Crippen molar-refractivity contribution in [1.29, 1.82) is 0 Å². The maximum atomic E-state index is 10.5. The van der Waals surface area contributed by atoms with Crippen molar-refractivity contribution in [1.82, 2.24) is 5.32 Å². The van der Waals surface area contributed by atoms with Crippen molar-refractivity contribution in [3.8, 4) is 0 Å². The Balaban J connectivity index is 2.69. The third-order valence-corrected chi connectivity index (χ3v) is 1.72. The third-order valence-electron chi connectivity index (χ3n) is 1.72. The van der Waals surface area contributed by atoms with Gasteiger partial charge in [-0.05, 0) is 20.8 Å². The Bertz CT molecular complexity index is 142. The quantitative estimate of drug-likeness (QED) is 0.527. The van der Waals surface area contributed by atoms with Gasteiger partial charge < -0.3 is 10.1 Å². The van der Waals surface area contributed by atoms with Gasteiger partial charge in [-0.3, -0.25) is 0 Å². The number of rotatable bonds is 0. The Morgan fingerprint density at radius 3 is 2.33 bits per heavy atom. The fourth-order valence-corrected chi connectivity index (χ4v) is 0.702. The van der Waals surface area contributed by atoms with Crippen molar-refractivity contribution in [3.05, 3.63) is 0 Å². The van der Waals surface area contributed by atoms with Crippen LogP contribution in [0.5, 0.6) is 0 Å². The summed E-state index contributed by atoms with van der Waals surface area (Å²) in [5.41, 5.74) is -0.197. The highest BCUT2D eigenvalue weighted by molar-refractivity contribution is 5.71. The minimum atomic E-state index is -0.312. The van der Waals surface area contributed by atoms with Gasteiger partial charge in [-0.2, -0.15) is 0 Å². The van der Waals surface area contributed by atoms with Crippen molar-refractivity contribution in [2.75, 3.05) is 0 Å². The van der Waals surface area contributed by atoms with E-state index in [0.717, 1.165) is 0 Å². The maximum absolute atomic E-state index is 10.5. The van der Waals surface area contributed by atoms with Crippen molar-refractivity contribution in [3.63, 3.8) is 0 Å². The molecule has 0 spiro atoms. The molecule has 0 aromatic heterocycles. The third kappa shape index (κ3) is 0.992. The van der Waals surface area contributed by atoms with E-state index in [9.17, 15) is 4.79 Å². The molecule has 1 aliphatic rings. The van der Waals surface area contributed by atoms with E-state index in [1.54, 1.807) is 0 Å². The van der Waals surface area contributed by atoms with Gasteiger partial charge in [0.2, 0.25) is 0 Å². The van der Waals surface area contributed by atoms with Gasteiger partial charge in [0.1, 0.15) is 6.10 Å². The predicted octanol–water partition coefficient (Wildman–Crippen LogP) is 0.893. The SMILES string of the molecule is CC1OC(=O)NC1(C)C. The lowest BCUT2D eigenvalue weighted by atomic mass is 10.0. The van der Waals surface area contributed by atoms with Crippen LogP contribution in [0, 0.1) is 0 Å². The lowest BCUT2D eigenvalue weighted by molar-refractivity contribution is 0.129. The van der Waals surface area contributed by atoms with Gasteiger partial charge in [0.15, 0.2) is 0 Å². The topological polar surface area (TPSA) is 38.3 Å². The molecular formula is C6H11NO2. The van der Waals surface area contributed by atoms with E-state index in [1.165, 1.54) is 0 Å². The maximum Gasteiger partial charge on any atom is 0.408 e. The van der Waals surface area contributed by atoms with Gasteiger partial charge in [0.25, 0.3) is 0 Å². The van der Waals surface area contributed by atoms with E-state index in [1.807, 2.05) is 20.8 Å². The van der Waals surface area contributed by atoms with Gasteiger partial charge >= 0.3 is 6.09 Å². The zero-order chi connectivity index (χ0) is 7.07. The molecule has 1 N–H and O–H groups in total. The Morgan fingerprint density at radius 1 is 1.67 bits per heavy atom. The Labute approximate surface area is 54.4 Å². The van der Waals surface area contributed by atoms with E-state index < -0.39 is 0 Å². The summed E-state index contributed by atoms with van der Waals surface area (Å²) >= 11 is 0. The molecule has 0 aromatic carbocycles. The number of ether oxygens (including phenoxy) is 1. The van der Waals surface area contributed by atoms with E-state index in [4.69, 9.17) is 4.74 Å². The lowest BCUT2D eigenvalue weighted by Gasteiger charge is -2.18. The van der Waals surface area contributed by atoms with Crippen LogP contribution in [-0.4, -0.2) is 17.7 Å². The van der Waals surface area contributed by atoms with Crippen molar-refractivity contribution in [2.24, 2.45) is 0 Å². The average Bonchev–Trinajstić information content (AvgIpc) is 1.79. The van der Waals surface area contributed by atoms with Gasteiger partial charge in [0, 0.05) is 0 Å². The second kappa shape index (κ2) is 1.62. The summed E-state index contributed by atoms with van der Waals surface area (Å²) in [7, 11) is 0. The van der Waals surface area contributed by atoms with Crippen LogP contribution >= 0.6 is 0 Å². The second-order valence-corrected chi connectivity index (χ2v) is 2.89. The Hall–Kier alpha value is -0.730. The van der Waals surface area contributed by atoms with Crippen LogP contribution in [0.4, 0.5) is 4.79 Å². The van der Waals surface area contributed by atoms with Crippen LogP contribution in [0.15, 0.2) is 0 Å². The molecule has 1 saturated heterocycles. The molecule has 52 valence electrons. The van der Waals surface area contributed by atoms with Crippen LogP contribution in [0.25, 0.3) is 0 Å². The molecule has 1 rings (SSSR count). The van der Waals surface area contributed by atoms with Gasteiger partial charge in [-0.15, -0.1) is 0 Å². The van der Waals surface area contributed by atoms with Crippen molar-refractivity contribution >= 4 is 6.09 Å². The molecule has 1 fully saturated rings. The van der Waals surface area contributed by atoms with E-state index >= 15 is 0 Å². The van der Waals surface area contributed by atoms with Crippen molar-refractivity contribution in [2.45, 2.75) is 32.4 Å². The minimum Gasteiger partial charge on any atom is -0.444 e. The molecule has 0 aromatic rings. The van der Waals surface area contributed by atoms with Crippen LogP contribution in [0.1, 0.15) is 20.8 Å². The molecule has 3 heteroatoms. The zero-order valence-electron chi connectivity index (χ0n) is 5.89. The average molecular weight is 129 g/mol. The number of amides is 1. The summed E-state index contributed by atoms with van der Waals surface area (Å²) in [5.74, 6) is 0. The number of hydrogen-bond acceptors (Lipinski definition) is 2. The molecule has 1 unspecified atom stereocenters. The first-order chi connectivity index (χ1) is 4.02. The van der Waals surface area contributed by atoms with E-state index in [2.05, 4.69) is 5.32 Å². The smallest absolute Gasteiger partial charge is 0.408 e. The molecular weight excluding hydrogens is 118 g/mol. The summed E-state index contributed by atoms with van der Waals surface area (Å²) in [5, 5.41) is 2.68. The molecule has 1 amide bonds. The first kappa shape index (κ1) is 6.39. The first-order valence-electron chi connectivity index (χ1n) is 3.01. The Morgan fingerprint density at radius 2 is 2.22 bits per heavy atom. The highest BCUT2D eigenvalue weighted by atomic mass is 16.6. The van der Waals surface area contributed by atoms with E-state index in [0.29, 0.717) is 0 Å². The summed E-state index contributed by atoms with van der Waals surface area (Å²) in [6, 6.07) is 0. The number of carbonyl (C=O) groups is 1. The fourth-order valence-electron chi connectivity index (χ4n) is 0.702. The molecule has 0 saturated carbocycles. The molecule has 0 bridgehead atoms. The number of alkyl carbamates (subject to hydrolysis) is 1. The molecule has 1 atom stereocenters. The van der Waals surface area contributed by atoms with Crippen LogP contribution < -0.4 is 5.32 Å². The lowest BCUT2D eigenvalue weighted by Crippen LogP contribution is -2.40. The molecule has 0 aliphatic carbocycles. The van der Waals surface area contributed by atoms with Gasteiger partial charge in [-0.25, -0.2) is 4.79 Å². The summed E-state index contributed by atoms with van der Waals surface area (Å²) in [4.78, 5) is 10.5. The number of hydrogen-bond donors (Lipinski definition) is 1. The van der Waals surface area contributed by atoms with Gasteiger partial charge in [-0.1, -0.05) is 0 Å². The Kier molecular flexibility index (Phi) is 1.15.